The van der Waals surface area contributed by atoms with E-state index >= 15 is 0 Å². The number of hydrogen-bond acceptors (Lipinski definition) is 0. The molecule has 0 bridgehead atoms. The molecule has 0 aliphatic rings. The van der Waals surface area contributed by atoms with Crippen molar-refractivity contribution in [2.45, 2.75) is 105 Å². The van der Waals surface area contributed by atoms with Crippen LogP contribution in [0.3, 0.4) is 0 Å². The van der Waals surface area contributed by atoms with Gasteiger partial charge in [-0.05, 0) is 43.2 Å². The molecule has 0 saturated carbocycles. The number of rotatable bonds is 17. The van der Waals surface area contributed by atoms with E-state index in [0.717, 1.165) is 24.7 Å². The van der Waals surface area contributed by atoms with Gasteiger partial charge in [0, 0.05) is 7.92 Å². The van der Waals surface area contributed by atoms with Crippen LogP contribution < -0.4 is 5.30 Å². The maximum atomic E-state index is 14.5. The van der Waals surface area contributed by atoms with Gasteiger partial charge in [-0.3, -0.25) is 0 Å². The Bertz CT molecular complexity index is 531. The molecule has 0 N–H and O–H groups in total. The van der Waals surface area contributed by atoms with Crippen molar-refractivity contribution in [3.05, 3.63) is 29.8 Å². The molecule has 0 radical (unpaired) electrons. The molecule has 0 aromatic heterocycles. The normalized spacial score (nSPS) is 14.7. The molecule has 0 heterocycles. The molecule has 1 aromatic carbocycles. The fourth-order valence-electron chi connectivity index (χ4n) is 4.42. The Morgan fingerprint density at radius 3 is 2.17 bits per heavy atom. The van der Waals surface area contributed by atoms with E-state index in [-0.39, 0.29) is 0 Å². The molecule has 0 fully saturated rings. The van der Waals surface area contributed by atoms with Crippen LogP contribution in [-0.4, -0.2) is 12.3 Å². The Labute approximate surface area is 181 Å². The summed E-state index contributed by atoms with van der Waals surface area (Å²) in [6, 6.07) is 4.81. The Hall–Kier alpha value is -0.490. The fourth-order valence-corrected chi connectivity index (χ4v) is 7.60. The third-order valence-electron chi connectivity index (χ3n) is 6.35. The lowest BCUT2D eigenvalue weighted by atomic mass is 9.92. The van der Waals surface area contributed by atoms with E-state index in [1.807, 2.05) is 6.07 Å². The first-order valence-electron chi connectivity index (χ1n) is 12.3. The largest absolute Gasteiger partial charge is 0.204 e. The second-order valence-corrected chi connectivity index (χ2v) is 11.7. The van der Waals surface area contributed by atoms with Gasteiger partial charge in [0.15, 0.2) is 5.82 Å². The van der Waals surface area contributed by atoms with Crippen LogP contribution >= 0.6 is 7.92 Å². The maximum Gasteiger partial charge on any atom is 0.200 e. The summed E-state index contributed by atoms with van der Waals surface area (Å²) in [4.78, 5) is 0. The van der Waals surface area contributed by atoms with E-state index in [1.54, 1.807) is 6.07 Å². The van der Waals surface area contributed by atoms with Gasteiger partial charge >= 0.3 is 0 Å². The van der Waals surface area contributed by atoms with Crippen LogP contribution in [0.15, 0.2) is 18.2 Å². The second-order valence-electron chi connectivity index (χ2n) is 9.03. The van der Waals surface area contributed by atoms with E-state index in [1.165, 1.54) is 76.7 Å². The third kappa shape index (κ3) is 10.9. The second kappa shape index (κ2) is 16.2. The molecule has 0 nitrogen and oxygen atoms in total. The lowest BCUT2D eigenvalue weighted by Crippen LogP contribution is -2.16. The average Bonchev–Trinajstić information content (AvgIpc) is 2.71. The Balaban J connectivity index is 2.62. The Morgan fingerprint density at radius 2 is 1.52 bits per heavy atom. The summed E-state index contributed by atoms with van der Waals surface area (Å²) in [5.74, 6) is 0.175. The summed E-state index contributed by atoms with van der Waals surface area (Å²) in [5.41, 5.74) is 0. The zero-order valence-corrected chi connectivity index (χ0v) is 20.5. The van der Waals surface area contributed by atoms with Crippen molar-refractivity contribution < 1.29 is 8.78 Å². The van der Waals surface area contributed by atoms with Crippen LogP contribution in [0.25, 0.3) is 0 Å². The van der Waals surface area contributed by atoms with Gasteiger partial charge in [0.05, 0.1) is 12.3 Å². The summed E-state index contributed by atoms with van der Waals surface area (Å²) < 4.78 is 28.4. The molecule has 0 spiro atoms. The summed E-state index contributed by atoms with van der Waals surface area (Å²) in [7, 11) is -1.05. The highest BCUT2D eigenvalue weighted by Gasteiger charge is 2.27. The molecular weight excluding hydrogens is 381 g/mol. The number of benzene rings is 1. The zero-order valence-electron chi connectivity index (χ0n) is 19.5. The predicted molar refractivity (Wildman–Crippen MR) is 129 cm³/mol. The van der Waals surface area contributed by atoms with Crippen molar-refractivity contribution in [1.82, 2.24) is 0 Å². The highest BCUT2D eigenvalue weighted by Crippen LogP contribution is 2.40. The smallest absolute Gasteiger partial charge is 0.200 e. The van der Waals surface area contributed by atoms with Crippen molar-refractivity contribution in [3.63, 3.8) is 0 Å². The van der Waals surface area contributed by atoms with E-state index in [9.17, 15) is 8.78 Å². The van der Waals surface area contributed by atoms with Crippen LogP contribution in [0.5, 0.6) is 0 Å². The molecule has 29 heavy (non-hydrogen) atoms. The van der Waals surface area contributed by atoms with E-state index in [2.05, 4.69) is 27.7 Å². The van der Waals surface area contributed by atoms with Crippen LogP contribution in [0, 0.1) is 23.5 Å². The summed E-state index contributed by atoms with van der Waals surface area (Å²) >= 11 is 0. The van der Waals surface area contributed by atoms with Gasteiger partial charge in [-0.15, -0.1) is 0 Å². The molecule has 0 amide bonds. The zero-order chi connectivity index (χ0) is 21.5. The van der Waals surface area contributed by atoms with Crippen molar-refractivity contribution in [2.75, 3.05) is 12.3 Å². The third-order valence-corrected chi connectivity index (χ3v) is 9.65. The average molecular weight is 428 g/mol. The first-order chi connectivity index (χ1) is 14.0. The molecule has 3 heteroatoms. The molecule has 3 atom stereocenters. The van der Waals surface area contributed by atoms with Gasteiger partial charge in [0.1, 0.15) is 5.30 Å². The first-order valence-corrected chi connectivity index (χ1v) is 14.2. The summed E-state index contributed by atoms with van der Waals surface area (Å²) in [6.45, 7) is 9.13. The highest BCUT2D eigenvalue weighted by atomic mass is 31.1. The number of halogens is 2. The molecule has 0 saturated heterocycles. The van der Waals surface area contributed by atoms with Gasteiger partial charge < -0.3 is 0 Å². The Morgan fingerprint density at radius 1 is 0.828 bits per heavy atom. The lowest BCUT2D eigenvalue weighted by Gasteiger charge is -2.19. The summed E-state index contributed by atoms with van der Waals surface area (Å²) in [6.07, 6.45) is 17.4. The van der Waals surface area contributed by atoms with Crippen LogP contribution in [0.2, 0.25) is 0 Å². The molecule has 1 rings (SSSR count). The molecule has 3 unspecified atom stereocenters. The minimum atomic E-state index is -1.05. The monoisotopic (exact) mass is 427 g/mol. The minimum absolute atomic E-state index is 0.575. The van der Waals surface area contributed by atoms with Crippen LogP contribution in [0.1, 0.15) is 105 Å². The van der Waals surface area contributed by atoms with Gasteiger partial charge in [-0.2, -0.15) is 4.39 Å². The van der Waals surface area contributed by atoms with Gasteiger partial charge in [-0.25, -0.2) is 4.39 Å². The topological polar surface area (TPSA) is 0 Å². The number of unbranched alkanes of at least 4 members (excludes halogenated alkanes) is 6. The van der Waals surface area contributed by atoms with E-state index < -0.39 is 19.6 Å². The standard InChI is InChI=1S/C26H45F2P/c1-5-8-9-10-11-12-13-20-29(25-17-14-16-24(27)26(25)28)21-22(4)18-19-23(7-3)15-6-2/h14,16-17,22-23H,5-13,15,18-21H2,1-4H3/p+1. The molecule has 0 aliphatic heterocycles. The summed E-state index contributed by atoms with van der Waals surface area (Å²) in [5, 5.41) is 0.702. The van der Waals surface area contributed by atoms with Gasteiger partial charge in [0.2, 0.25) is 5.82 Å². The van der Waals surface area contributed by atoms with Gasteiger partial charge in [-0.1, -0.05) is 91.5 Å². The van der Waals surface area contributed by atoms with Crippen LogP contribution in [0.4, 0.5) is 8.78 Å². The van der Waals surface area contributed by atoms with Crippen molar-refractivity contribution in [3.8, 4) is 0 Å². The lowest BCUT2D eigenvalue weighted by molar-refractivity contribution is 0.389. The molecule has 0 aliphatic carbocycles. The quantitative estimate of drug-likeness (QED) is 0.172. The first kappa shape index (κ1) is 26.5. The van der Waals surface area contributed by atoms with Crippen molar-refractivity contribution in [2.24, 2.45) is 11.8 Å². The van der Waals surface area contributed by atoms with Crippen molar-refractivity contribution in [1.29, 1.82) is 0 Å². The number of hydrogen-bond donors (Lipinski definition) is 0. The molecule has 1 aromatic rings. The fraction of sp³-hybridized carbons (Fsp3) is 0.769. The SMILES string of the molecule is CCCCCCCCC[PH+](CC(C)CCC(CC)CCC)c1cccc(F)c1F. The van der Waals surface area contributed by atoms with Gasteiger partial charge in [0.25, 0.3) is 0 Å². The van der Waals surface area contributed by atoms with E-state index in [4.69, 9.17) is 0 Å². The van der Waals surface area contributed by atoms with Crippen molar-refractivity contribution >= 4 is 13.2 Å². The highest BCUT2D eigenvalue weighted by molar-refractivity contribution is 7.65. The minimum Gasteiger partial charge on any atom is -0.204 e. The molecule has 168 valence electrons. The Kier molecular flexibility index (Phi) is 14.9. The molecular formula is C26H46F2P+. The maximum absolute atomic E-state index is 14.5. The predicted octanol–water partition coefficient (Wildman–Crippen LogP) is 8.80. The van der Waals surface area contributed by atoms with Crippen LogP contribution in [-0.2, 0) is 0 Å². The van der Waals surface area contributed by atoms with E-state index in [0.29, 0.717) is 11.2 Å².